The van der Waals surface area contributed by atoms with Crippen LogP contribution in [-0.4, -0.2) is 68.7 Å². The Morgan fingerprint density at radius 3 is 2.61 bits per heavy atom. The third kappa shape index (κ3) is 4.38. The summed E-state index contributed by atoms with van der Waals surface area (Å²) in [5.41, 5.74) is 0.539. The lowest BCUT2D eigenvalue weighted by molar-refractivity contribution is 0.0123. The van der Waals surface area contributed by atoms with Crippen molar-refractivity contribution in [2.45, 2.75) is 51.5 Å². The molecule has 3 heterocycles. The number of ether oxygens (including phenoxy) is 1. The molecule has 6 heteroatoms. The van der Waals surface area contributed by atoms with Gasteiger partial charge in [-0.25, -0.2) is 0 Å². The van der Waals surface area contributed by atoms with Crippen molar-refractivity contribution in [1.82, 2.24) is 15.1 Å². The van der Waals surface area contributed by atoms with Gasteiger partial charge in [-0.1, -0.05) is 19.3 Å². The lowest BCUT2D eigenvalue weighted by Crippen LogP contribution is -2.47. The molecule has 1 N–H and O–H groups in total. The Kier molecular flexibility index (Phi) is 6.26. The van der Waals surface area contributed by atoms with Crippen LogP contribution in [0.2, 0.25) is 0 Å². The number of nitrogens with one attached hydrogen (secondary N) is 1. The Bertz CT molecular complexity index is 659. The Morgan fingerprint density at radius 2 is 1.93 bits per heavy atom. The third-order valence-corrected chi connectivity index (χ3v) is 6.89. The Hall–Kier alpha value is -1.53. The fourth-order valence-corrected chi connectivity index (χ4v) is 5.28. The number of morpholine rings is 1. The molecule has 0 bridgehead atoms. The van der Waals surface area contributed by atoms with Crippen molar-refractivity contribution >= 4 is 5.96 Å². The van der Waals surface area contributed by atoms with Gasteiger partial charge in [0.25, 0.3) is 0 Å². The Morgan fingerprint density at radius 1 is 1.14 bits per heavy atom. The summed E-state index contributed by atoms with van der Waals surface area (Å²) in [6.45, 7) is 8.58. The van der Waals surface area contributed by atoms with E-state index in [0.29, 0.717) is 5.41 Å². The van der Waals surface area contributed by atoms with Gasteiger partial charge in [0.05, 0.1) is 19.3 Å². The first-order valence-electron chi connectivity index (χ1n) is 11.0. The summed E-state index contributed by atoms with van der Waals surface area (Å²) in [5.74, 6) is 3.05. The number of rotatable bonds is 4. The predicted octanol–water partition coefficient (Wildman–Crippen LogP) is 3.19. The van der Waals surface area contributed by atoms with E-state index in [1.54, 1.807) is 0 Å². The van der Waals surface area contributed by atoms with Crippen molar-refractivity contribution in [3.63, 3.8) is 0 Å². The molecule has 1 aromatic rings. The number of furan rings is 1. The molecular weight excluding hydrogens is 352 g/mol. The maximum Gasteiger partial charge on any atom is 0.193 e. The minimum absolute atomic E-state index is 0.209. The molecule has 1 saturated carbocycles. The van der Waals surface area contributed by atoms with Gasteiger partial charge in [0.15, 0.2) is 5.96 Å². The van der Waals surface area contributed by atoms with Gasteiger partial charge < -0.3 is 19.4 Å². The fourth-order valence-electron chi connectivity index (χ4n) is 5.28. The highest BCUT2D eigenvalue weighted by Gasteiger charge is 2.40. The molecule has 0 amide bonds. The van der Waals surface area contributed by atoms with Gasteiger partial charge in [0.1, 0.15) is 11.5 Å². The van der Waals surface area contributed by atoms with Crippen molar-refractivity contribution in [2.24, 2.45) is 10.4 Å². The average molecular weight is 389 g/mol. The Labute approximate surface area is 169 Å². The standard InChI is InChI=1S/C22H36N4O2/c1-18-6-7-20(28-18)19(25-12-14-27-15-13-25)16-24-21(23-2)26-11-10-22(17-26)8-4-3-5-9-22/h6-7,19H,3-5,8-17H2,1-2H3,(H,23,24). The van der Waals surface area contributed by atoms with E-state index in [1.807, 2.05) is 14.0 Å². The van der Waals surface area contributed by atoms with E-state index in [-0.39, 0.29) is 6.04 Å². The molecule has 1 atom stereocenters. The van der Waals surface area contributed by atoms with Crippen LogP contribution in [0, 0.1) is 12.3 Å². The minimum atomic E-state index is 0.209. The van der Waals surface area contributed by atoms with Crippen molar-refractivity contribution in [3.05, 3.63) is 23.7 Å². The third-order valence-electron chi connectivity index (χ3n) is 6.89. The SMILES string of the molecule is CN=C(NCC(c1ccc(C)o1)N1CCOCC1)N1CCC2(CCCCC2)C1. The van der Waals surface area contributed by atoms with E-state index in [4.69, 9.17) is 9.15 Å². The van der Waals surface area contributed by atoms with Crippen molar-refractivity contribution in [1.29, 1.82) is 0 Å². The van der Waals surface area contributed by atoms with Crippen LogP contribution in [0.25, 0.3) is 0 Å². The van der Waals surface area contributed by atoms with Gasteiger partial charge in [-0.15, -0.1) is 0 Å². The maximum absolute atomic E-state index is 6.00. The van der Waals surface area contributed by atoms with E-state index in [0.717, 1.165) is 63.4 Å². The van der Waals surface area contributed by atoms with Crippen LogP contribution in [0.15, 0.2) is 21.5 Å². The molecule has 2 saturated heterocycles. The quantitative estimate of drug-likeness (QED) is 0.634. The van der Waals surface area contributed by atoms with Crippen molar-refractivity contribution < 1.29 is 9.15 Å². The number of aryl methyl sites for hydroxylation is 1. The molecule has 1 unspecified atom stereocenters. The maximum atomic E-state index is 6.00. The van der Waals surface area contributed by atoms with E-state index in [9.17, 15) is 0 Å². The molecule has 0 aromatic carbocycles. The van der Waals surface area contributed by atoms with Gasteiger partial charge >= 0.3 is 0 Å². The first-order valence-corrected chi connectivity index (χ1v) is 11.0. The summed E-state index contributed by atoms with van der Waals surface area (Å²) in [6, 6.07) is 4.39. The molecule has 156 valence electrons. The van der Waals surface area contributed by atoms with Gasteiger partial charge in [-0.2, -0.15) is 0 Å². The first kappa shape index (κ1) is 19.8. The summed E-state index contributed by atoms with van der Waals surface area (Å²) < 4.78 is 11.6. The normalized spacial score (nSPS) is 24.6. The summed E-state index contributed by atoms with van der Waals surface area (Å²) >= 11 is 0. The van der Waals surface area contributed by atoms with E-state index >= 15 is 0 Å². The molecule has 3 fully saturated rings. The van der Waals surface area contributed by atoms with Crippen LogP contribution in [0.5, 0.6) is 0 Å². The smallest absolute Gasteiger partial charge is 0.193 e. The van der Waals surface area contributed by atoms with Gasteiger partial charge in [-0.05, 0) is 43.7 Å². The largest absolute Gasteiger partial charge is 0.465 e. The van der Waals surface area contributed by atoms with Crippen LogP contribution >= 0.6 is 0 Å². The molecule has 28 heavy (non-hydrogen) atoms. The van der Waals surface area contributed by atoms with E-state index < -0.39 is 0 Å². The van der Waals surface area contributed by atoms with Crippen LogP contribution in [-0.2, 0) is 4.74 Å². The number of hydrogen-bond acceptors (Lipinski definition) is 4. The van der Waals surface area contributed by atoms with Gasteiger partial charge in [-0.3, -0.25) is 9.89 Å². The number of guanidine groups is 1. The lowest BCUT2D eigenvalue weighted by Gasteiger charge is -2.35. The molecule has 1 aromatic heterocycles. The van der Waals surface area contributed by atoms with Crippen LogP contribution in [0.3, 0.4) is 0 Å². The average Bonchev–Trinajstić information content (AvgIpc) is 3.33. The van der Waals surface area contributed by atoms with E-state index in [2.05, 4.69) is 32.2 Å². The second-order valence-electron chi connectivity index (χ2n) is 8.77. The molecule has 4 rings (SSSR count). The number of nitrogens with zero attached hydrogens (tertiary/aromatic N) is 3. The molecule has 1 spiro atoms. The van der Waals surface area contributed by atoms with Crippen LogP contribution in [0.4, 0.5) is 0 Å². The molecule has 1 aliphatic carbocycles. The topological polar surface area (TPSA) is 53.2 Å². The zero-order valence-electron chi connectivity index (χ0n) is 17.6. The number of likely N-dealkylation sites (tertiary alicyclic amines) is 1. The van der Waals surface area contributed by atoms with Gasteiger partial charge in [0.2, 0.25) is 0 Å². The summed E-state index contributed by atoms with van der Waals surface area (Å²) in [5, 5.41) is 3.67. The number of aliphatic imine (C=N–C) groups is 1. The summed E-state index contributed by atoms with van der Waals surface area (Å²) in [7, 11) is 1.91. The lowest BCUT2D eigenvalue weighted by atomic mass is 9.73. The highest BCUT2D eigenvalue weighted by Crippen LogP contribution is 2.43. The van der Waals surface area contributed by atoms with Gasteiger partial charge in [0, 0.05) is 39.8 Å². The van der Waals surface area contributed by atoms with E-state index in [1.165, 1.54) is 38.5 Å². The van der Waals surface area contributed by atoms with Crippen LogP contribution < -0.4 is 5.32 Å². The molecule has 0 radical (unpaired) electrons. The zero-order valence-corrected chi connectivity index (χ0v) is 17.6. The molecule has 6 nitrogen and oxygen atoms in total. The first-order chi connectivity index (χ1) is 13.7. The molecular formula is C22H36N4O2. The van der Waals surface area contributed by atoms with Crippen molar-refractivity contribution in [2.75, 3.05) is 53.0 Å². The highest BCUT2D eigenvalue weighted by atomic mass is 16.5. The second-order valence-corrected chi connectivity index (χ2v) is 8.77. The second kappa shape index (κ2) is 8.87. The highest BCUT2D eigenvalue weighted by molar-refractivity contribution is 5.80. The minimum Gasteiger partial charge on any atom is -0.465 e. The predicted molar refractivity (Wildman–Crippen MR) is 112 cm³/mol. The molecule has 3 aliphatic rings. The van der Waals surface area contributed by atoms with Crippen molar-refractivity contribution in [3.8, 4) is 0 Å². The summed E-state index contributed by atoms with van der Waals surface area (Å²) in [6.07, 6.45) is 8.31. The summed E-state index contributed by atoms with van der Waals surface area (Å²) in [4.78, 5) is 9.57. The zero-order chi connectivity index (χ0) is 19.4. The fraction of sp³-hybridized carbons (Fsp3) is 0.773. The number of hydrogen-bond donors (Lipinski definition) is 1. The van der Waals surface area contributed by atoms with Crippen LogP contribution in [0.1, 0.15) is 56.1 Å². The monoisotopic (exact) mass is 388 g/mol. The Balaban J connectivity index is 1.40. The molecule has 2 aliphatic heterocycles.